The summed E-state index contributed by atoms with van der Waals surface area (Å²) in [5, 5.41) is 7.42. The molecule has 1 aliphatic rings. The first-order valence-electron chi connectivity index (χ1n) is 3.02. The van der Waals surface area contributed by atoms with Gasteiger partial charge in [0.25, 0.3) is 5.97 Å². The van der Waals surface area contributed by atoms with Crippen LogP contribution in [0.15, 0.2) is 12.2 Å². The zero-order valence-corrected chi connectivity index (χ0v) is 5.83. The Morgan fingerprint density at radius 1 is 1.70 bits per heavy atom. The first kappa shape index (κ1) is 8.88. The number of carboxylic acids is 1. The maximum absolute atomic E-state index is 10.2. The van der Waals surface area contributed by atoms with Gasteiger partial charge in [0.05, 0.1) is 0 Å². The third-order valence-electron chi connectivity index (χ3n) is 0.861. The minimum absolute atomic E-state index is 0.273. The zero-order valence-electron chi connectivity index (χ0n) is 5.83. The van der Waals surface area contributed by atoms with Gasteiger partial charge in [0.15, 0.2) is 5.78 Å². The topological polar surface area (TPSA) is 54.4 Å². The van der Waals surface area contributed by atoms with Crippen LogP contribution >= 0.6 is 0 Å². The number of ketones is 1. The van der Waals surface area contributed by atoms with Crippen molar-refractivity contribution in [2.45, 2.75) is 19.8 Å². The van der Waals surface area contributed by atoms with E-state index in [0.717, 1.165) is 19.8 Å². The largest absolute Gasteiger partial charge is 0.481 e. The summed E-state index contributed by atoms with van der Waals surface area (Å²) in [6.07, 6.45) is 5.24. The third-order valence-corrected chi connectivity index (χ3v) is 0.861. The van der Waals surface area contributed by atoms with Crippen LogP contribution in [0, 0.1) is 0 Å². The van der Waals surface area contributed by atoms with E-state index in [0.29, 0.717) is 0 Å². The first-order chi connectivity index (χ1) is 4.63. The fourth-order valence-electron chi connectivity index (χ4n) is 0.524. The lowest BCUT2D eigenvalue weighted by molar-refractivity contribution is -0.134. The molecule has 3 heteroatoms. The maximum atomic E-state index is 10.2. The van der Waals surface area contributed by atoms with Crippen LogP contribution in [0.4, 0.5) is 0 Å². The number of hydrogen-bond acceptors (Lipinski definition) is 2. The highest BCUT2D eigenvalue weighted by atomic mass is 16.4. The predicted molar refractivity (Wildman–Crippen MR) is 36.7 cm³/mol. The molecule has 0 saturated heterocycles. The first-order valence-corrected chi connectivity index (χ1v) is 3.02. The van der Waals surface area contributed by atoms with E-state index in [1.807, 2.05) is 6.08 Å². The van der Waals surface area contributed by atoms with Gasteiger partial charge in [-0.25, -0.2) is 0 Å². The van der Waals surface area contributed by atoms with Crippen molar-refractivity contribution in [1.29, 1.82) is 0 Å². The highest BCUT2D eigenvalue weighted by Gasteiger charge is 1.98. The van der Waals surface area contributed by atoms with Gasteiger partial charge >= 0.3 is 0 Å². The molecule has 10 heavy (non-hydrogen) atoms. The molecule has 3 nitrogen and oxygen atoms in total. The summed E-state index contributed by atoms with van der Waals surface area (Å²) in [6, 6.07) is 0. The van der Waals surface area contributed by atoms with Crippen LogP contribution < -0.4 is 0 Å². The molecule has 0 aromatic carbocycles. The van der Waals surface area contributed by atoms with Crippen molar-refractivity contribution in [3.05, 3.63) is 12.2 Å². The molecule has 1 aliphatic carbocycles. The smallest absolute Gasteiger partial charge is 0.300 e. The Hall–Kier alpha value is -1.12. The monoisotopic (exact) mass is 142 g/mol. The molecule has 0 bridgehead atoms. The summed E-state index contributed by atoms with van der Waals surface area (Å²) in [5.74, 6) is -0.560. The van der Waals surface area contributed by atoms with E-state index < -0.39 is 5.97 Å². The Morgan fingerprint density at radius 2 is 2.20 bits per heavy atom. The number of carbonyl (C=O) groups is 2. The van der Waals surface area contributed by atoms with Gasteiger partial charge in [-0.05, 0) is 12.5 Å². The molecular formula is C7H10O3. The quantitative estimate of drug-likeness (QED) is 0.548. The number of allylic oxidation sites excluding steroid dienone is 2. The van der Waals surface area contributed by atoms with E-state index in [1.165, 1.54) is 0 Å². The average Bonchev–Trinajstić information content (AvgIpc) is 2.15. The molecule has 0 aromatic heterocycles. The van der Waals surface area contributed by atoms with Crippen molar-refractivity contribution in [3.8, 4) is 0 Å². The molecule has 0 amide bonds. The number of hydrogen-bond donors (Lipinski definition) is 1. The van der Waals surface area contributed by atoms with Gasteiger partial charge in [0.2, 0.25) is 0 Å². The highest BCUT2D eigenvalue weighted by Crippen LogP contribution is 2.01. The van der Waals surface area contributed by atoms with E-state index in [9.17, 15) is 4.79 Å². The number of carboxylic acid groups (broad SMARTS) is 1. The van der Waals surface area contributed by atoms with Crippen molar-refractivity contribution in [2.24, 2.45) is 0 Å². The lowest BCUT2D eigenvalue weighted by Crippen LogP contribution is -1.80. The summed E-state index contributed by atoms with van der Waals surface area (Å²) >= 11 is 0. The Balaban J connectivity index is 0.000000180. The van der Waals surface area contributed by atoms with Crippen LogP contribution in [-0.2, 0) is 9.59 Å². The van der Waals surface area contributed by atoms with E-state index in [2.05, 4.69) is 0 Å². The van der Waals surface area contributed by atoms with Crippen molar-refractivity contribution >= 4 is 11.8 Å². The molecule has 0 spiro atoms. The van der Waals surface area contributed by atoms with Gasteiger partial charge in [-0.15, -0.1) is 0 Å². The molecule has 0 unspecified atom stereocenters. The van der Waals surface area contributed by atoms with Gasteiger partial charge in [-0.2, -0.15) is 0 Å². The van der Waals surface area contributed by atoms with Crippen LogP contribution in [0.1, 0.15) is 19.8 Å². The van der Waals surface area contributed by atoms with Crippen LogP contribution in [0.3, 0.4) is 0 Å². The molecule has 0 saturated carbocycles. The van der Waals surface area contributed by atoms with Crippen molar-refractivity contribution in [3.63, 3.8) is 0 Å². The minimum atomic E-state index is -0.833. The number of rotatable bonds is 0. The van der Waals surface area contributed by atoms with E-state index in [4.69, 9.17) is 9.90 Å². The average molecular weight is 142 g/mol. The molecular weight excluding hydrogens is 132 g/mol. The summed E-state index contributed by atoms with van der Waals surface area (Å²) in [5.41, 5.74) is 0. The van der Waals surface area contributed by atoms with Crippen LogP contribution in [-0.4, -0.2) is 16.9 Å². The van der Waals surface area contributed by atoms with Gasteiger partial charge < -0.3 is 5.11 Å². The molecule has 0 radical (unpaired) electrons. The molecule has 1 rings (SSSR count). The molecule has 56 valence electrons. The lowest BCUT2D eigenvalue weighted by atomic mass is 10.3. The normalized spacial score (nSPS) is 14.3. The fourth-order valence-corrected chi connectivity index (χ4v) is 0.524. The summed E-state index contributed by atoms with van der Waals surface area (Å²) < 4.78 is 0. The molecule has 0 atom stereocenters. The standard InChI is InChI=1S/C5H6O.C2H4O2/c6-5-3-1-2-4-5;1-2(3)4/h1,3H,2,4H2;1H3,(H,3,4). The minimum Gasteiger partial charge on any atom is -0.481 e. The number of aliphatic carboxylic acids is 1. The van der Waals surface area contributed by atoms with Crippen LogP contribution in [0.5, 0.6) is 0 Å². The second kappa shape index (κ2) is 4.73. The van der Waals surface area contributed by atoms with Crippen molar-refractivity contribution in [1.82, 2.24) is 0 Å². The van der Waals surface area contributed by atoms with Gasteiger partial charge in [0, 0.05) is 13.3 Å². The molecule has 0 aromatic rings. The van der Waals surface area contributed by atoms with Gasteiger partial charge in [-0.3, -0.25) is 9.59 Å². The molecule has 1 N–H and O–H groups in total. The molecule has 0 heterocycles. The van der Waals surface area contributed by atoms with E-state index >= 15 is 0 Å². The van der Waals surface area contributed by atoms with Crippen LogP contribution in [0.2, 0.25) is 0 Å². The summed E-state index contributed by atoms with van der Waals surface area (Å²) in [6.45, 7) is 1.08. The fraction of sp³-hybridized carbons (Fsp3) is 0.429. The Kier molecular flexibility index (Phi) is 4.20. The summed E-state index contributed by atoms with van der Waals surface area (Å²) in [7, 11) is 0. The van der Waals surface area contributed by atoms with Crippen LogP contribution in [0.25, 0.3) is 0 Å². The Bertz CT molecular complexity index is 154. The van der Waals surface area contributed by atoms with Gasteiger partial charge in [0.1, 0.15) is 0 Å². The zero-order chi connectivity index (χ0) is 7.98. The van der Waals surface area contributed by atoms with Crippen molar-refractivity contribution in [2.75, 3.05) is 0 Å². The van der Waals surface area contributed by atoms with Crippen molar-refractivity contribution < 1.29 is 14.7 Å². The maximum Gasteiger partial charge on any atom is 0.300 e. The molecule has 0 aliphatic heterocycles. The second-order valence-electron chi connectivity index (χ2n) is 1.93. The van der Waals surface area contributed by atoms with E-state index in [1.54, 1.807) is 6.08 Å². The third kappa shape index (κ3) is 6.88. The summed E-state index contributed by atoms with van der Waals surface area (Å²) in [4.78, 5) is 19.2. The van der Waals surface area contributed by atoms with E-state index in [-0.39, 0.29) is 5.78 Å². The lowest BCUT2D eigenvalue weighted by Gasteiger charge is -1.71. The Labute approximate surface area is 59.4 Å². The van der Waals surface area contributed by atoms with Gasteiger partial charge in [-0.1, -0.05) is 6.08 Å². The predicted octanol–water partition coefficient (Wildman–Crippen LogP) is 0.996. The molecule has 0 fully saturated rings. The Morgan fingerprint density at radius 3 is 2.30 bits per heavy atom. The number of carbonyl (C=O) groups excluding carboxylic acids is 1. The second-order valence-corrected chi connectivity index (χ2v) is 1.93. The SMILES string of the molecule is CC(=O)O.O=C1C=CCC1. The highest BCUT2D eigenvalue weighted by molar-refractivity contribution is 5.91.